The first-order chi connectivity index (χ1) is 5.86. The molecule has 12 heavy (non-hydrogen) atoms. The van der Waals surface area contributed by atoms with Crippen LogP contribution in [-0.4, -0.2) is 37.0 Å². The fourth-order valence-electron chi connectivity index (χ4n) is 1.90. The molecule has 0 radical (unpaired) electrons. The quantitative estimate of drug-likeness (QED) is 0.611. The second-order valence-corrected chi connectivity index (χ2v) is 3.78. The van der Waals surface area contributed by atoms with Gasteiger partial charge in [-0.05, 0) is 31.8 Å². The van der Waals surface area contributed by atoms with Crippen LogP contribution in [-0.2, 0) is 4.79 Å². The topological polar surface area (TPSA) is 32.3 Å². The Morgan fingerprint density at radius 2 is 2.50 bits per heavy atom. The molecule has 0 aromatic rings. The summed E-state index contributed by atoms with van der Waals surface area (Å²) in [6, 6.07) is 0. The molecule has 0 aromatic carbocycles. The maximum atomic E-state index is 10.9. The van der Waals surface area contributed by atoms with Crippen LogP contribution in [0.15, 0.2) is 0 Å². The van der Waals surface area contributed by atoms with E-state index in [0.29, 0.717) is 5.91 Å². The van der Waals surface area contributed by atoms with Gasteiger partial charge in [-0.2, -0.15) is 0 Å². The molecular formula is C9H16N2O. The average molecular weight is 168 g/mol. The first-order valence-electron chi connectivity index (χ1n) is 4.85. The fourth-order valence-corrected chi connectivity index (χ4v) is 1.90. The Bertz CT molecular complexity index is 175. The van der Waals surface area contributed by atoms with Crippen LogP contribution < -0.4 is 5.32 Å². The molecular weight excluding hydrogens is 152 g/mol. The molecule has 1 N–H and O–H groups in total. The molecule has 2 saturated heterocycles. The zero-order valence-electron chi connectivity index (χ0n) is 7.38. The molecule has 2 aliphatic heterocycles. The van der Waals surface area contributed by atoms with Crippen molar-refractivity contribution < 1.29 is 4.79 Å². The van der Waals surface area contributed by atoms with Gasteiger partial charge in [-0.25, -0.2) is 0 Å². The molecule has 1 unspecified atom stereocenters. The standard InChI is InChI=1S/C9H16N2O/c12-9-3-6-11(9)5-2-8-1-4-10-7-8/h8,10H,1-7H2. The van der Waals surface area contributed by atoms with Gasteiger partial charge in [-0.3, -0.25) is 4.79 Å². The average Bonchev–Trinajstić information content (AvgIpc) is 2.54. The third-order valence-corrected chi connectivity index (χ3v) is 2.92. The molecule has 0 saturated carbocycles. The number of likely N-dealkylation sites (tertiary alicyclic amines) is 1. The van der Waals surface area contributed by atoms with E-state index in [1.165, 1.54) is 19.4 Å². The number of carbonyl (C=O) groups excluding carboxylic acids is 1. The van der Waals surface area contributed by atoms with Gasteiger partial charge in [-0.1, -0.05) is 0 Å². The van der Waals surface area contributed by atoms with Gasteiger partial charge in [0, 0.05) is 19.5 Å². The molecule has 2 heterocycles. The Morgan fingerprint density at radius 3 is 3.00 bits per heavy atom. The van der Waals surface area contributed by atoms with Crippen LogP contribution in [0.5, 0.6) is 0 Å². The summed E-state index contributed by atoms with van der Waals surface area (Å²) in [5.74, 6) is 1.17. The van der Waals surface area contributed by atoms with Crippen LogP contribution in [0.3, 0.4) is 0 Å². The second-order valence-electron chi connectivity index (χ2n) is 3.78. The highest BCUT2D eigenvalue weighted by Gasteiger charge is 2.24. The molecule has 1 atom stereocenters. The van der Waals surface area contributed by atoms with E-state index in [1.54, 1.807) is 0 Å². The molecule has 2 fully saturated rings. The zero-order chi connectivity index (χ0) is 8.39. The fraction of sp³-hybridized carbons (Fsp3) is 0.889. The maximum Gasteiger partial charge on any atom is 0.224 e. The molecule has 0 bridgehead atoms. The maximum absolute atomic E-state index is 10.9. The molecule has 2 aliphatic rings. The molecule has 0 aliphatic carbocycles. The van der Waals surface area contributed by atoms with E-state index in [1.807, 2.05) is 4.90 Å². The van der Waals surface area contributed by atoms with Crippen LogP contribution in [0.4, 0.5) is 0 Å². The number of amides is 1. The van der Waals surface area contributed by atoms with Crippen molar-refractivity contribution in [1.29, 1.82) is 0 Å². The lowest BCUT2D eigenvalue weighted by atomic mass is 10.0. The SMILES string of the molecule is O=C1CCN1CCC1CCNC1. The Labute approximate surface area is 73.1 Å². The lowest BCUT2D eigenvalue weighted by Gasteiger charge is -2.31. The Balaban J connectivity index is 1.64. The monoisotopic (exact) mass is 168 g/mol. The van der Waals surface area contributed by atoms with Crippen molar-refractivity contribution in [3.05, 3.63) is 0 Å². The lowest BCUT2D eigenvalue weighted by molar-refractivity contribution is -0.139. The highest BCUT2D eigenvalue weighted by Crippen LogP contribution is 2.16. The smallest absolute Gasteiger partial charge is 0.224 e. The van der Waals surface area contributed by atoms with Crippen molar-refractivity contribution >= 4 is 5.91 Å². The van der Waals surface area contributed by atoms with Crippen molar-refractivity contribution in [2.75, 3.05) is 26.2 Å². The van der Waals surface area contributed by atoms with Crippen molar-refractivity contribution in [3.8, 4) is 0 Å². The van der Waals surface area contributed by atoms with Crippen molar-refractivity contribution in [3.63, 3.8) is 0 Å². The summed E-state index contributed by atoms with van der Waals surface area (Å²) in [7, 11) is 0. The van der Waals surface area contributed by atoms with Crippen LogP contribution >= 0.6 is 0 Å². The highest BCUT2D eigenvalue weighted by atomic mass is 16.2. The van der Waals surface area contributed by atoms with Crippen molar-refractivity contribution in [1.82, 2.24) is 10.2 Å². The van der Waals surface area contributed by atoms with Gasteiger partial charge >= 0.3 is 0 Å². The van der Waals surface area contributed by atoms with E-state index in [0.717, 1.165) is 32.0 Å². The van der Waals surface area contributed by atoms with Gasteiger partial charge in [0.25, 0.3) is 0 Å². The highest BCUT2D eigenvalue weighted by molar-refractivity contribution is 5.81. The van der Waals surface area contributed by atoms with E-state index >= 15 is 0 Å². The summed E-state index contributed by atoms with van der Waals surface area (Å²) < 4.78 is 0. The Morgan fingerprint density at radius 1 is 1.58 bits per heavy atom. The third kappa shape index (κ3) is 1.61. The second kappa shape index (κ2) is 3.44. The predicted molar refractivity (Wildman–Crippen MR) is 46.8 cm³/mol. The Kier molecular flexibility index (Phi) is 2.30. The van der Waals surface area contributed by atoms with Crippen LogP contribution in [0.25, 0.3) is 0 Å². The van der Waals surface area contributed by atoms with Gasteiger partial charge < -0.3 is 10.2 Å². The molecule has 0 aromatic heterocycles. The number of β-lactam (4-membered cyclic amide) rings is 1. The van der Waals surface area contributed by atoms with E-state index in [4.69, 9.17) is 0 Å². The first-order valence-corrected chi connectivity index (χ1v) is 4.85. The molecule has 2 rings (SSSR count). The lowest BCUT2D eigenvalue weighted by Crippen LogP contribution is -2.44. The number of hydrogen-bond donors (Lipinski definition) is 1. The summed E-state index contributed by atoms with van der Waals surface area (Å²) in [6.07, 6.45) is 3.27. The van der Waals surface area contributed by atoms with Crippen LogP contribution in [0.2, 0.25) is 0 Å². The minimum atomic E-state index is 0.348. The largest absolute Gasteiger partial charge is 0.342 e. The molecule has 3 heteroatoms. The minimum Gasteiger partial charge on any atom is -0.342 e. The van der Waals surface area contributed by atoms with Gasteiger partial charge in [0.1, 0.15) is 0 Å². The van der Waals surface area contributed by atoms with E-state index in [9.17, 15) is 4.79 Å². The number of rotatable bonds is 3. The summed E-state index contributed by atoms with van der Waals surface area (Å²) in [5, 5.41) is 3.34. The van der Waals surface area contributed by atoms with Gasteiger partial charge in [0.15, 0.2) is 0 Å². The Hall–Kier alpha value is -0.570. The molecule has 0 spiro atoms. The number of nitrogens with zero attached hydrogens (tertiary/aromatic N) is 1. The summed E-state index contributed by atoms with van der Waals surface area (Å²) in [6.45, 7) is 4.31. The van der Waals surface area contributed by atoms with Crippen molar-refractivity contribution in [2.45, 2.75) is 19.3 Å². The van der Waals surface area contributed by atoms with E-state index < -0.39 is 0 Å². The van der Waals surface area contributed by atoms with Crippen LogP contribution in [0, 0.1) is 5.92 Å². The first kappa shape index (κ1) is 8.05. The van der Waals surface area contributed by atoms with Gasteiger partial charge in [0.05, 0.1) is 0 Å². The molecule has 68 valence electrons. The van der Waals surface area contributed by atoms with Gasteiger partial charge in [-0.15, -0.1) is 0 Å². The predicted octanol–water partition coefficient (Wildman–Crippen LogP) is 0.218. The van der Waals surface area contributed by atoms with Crippen LogP contribution in [0.1, 0.15) is 19.3 Å². The summed E-state index contributed by atoms with van der Waals surface area (Å²) in [4.78, 5) is 12.9. The van der Waals surface area contributed by atoms with E-state index in [-0.39, 0.29) is 0 Å². The molecule has 3 nitrogen and oxygen atoms in total. The van der Waals surface area contributed by atoms with Gasteiger partial charge in [0.2, 0.25) is 5.91 Å². The number of nitrogens with one attached hydrogen (secondary N) is 1. The summed E-state index contributed by atoms with van der Waals surface area (Å²) in [5.41, 5.74) is 0. The normalized spacial score (nSPS) is 29.2. The summed E-state index contributed by atoms with van der Waals surface area (Å²) >= 11 is 0. The zero-order valence-corrected chi connectivity index (χ0v) is 7.38. The van der Waals surface area contributed by atoms with Crippen molar-refractivity contribution in [2.24, 2.45) is 5.92 Å². The van der Waals surface area contributed by atoms with E-state index in [2.05, 4.69) is 5.32 Å². The molecule has 1 amide bonds. The minimum absolute atomic E-state index is 0.348. The number of carbonyl (C=O) groups is 1. The number of hydrogen-bond acceptors (Lipinski definition) is 2. The third-order valence-electron chi connectivity index (χ3n) is 2.92.